The maximum atomic E-state index is 12.6. The number of hydrogen-bond acceptors (Lipinski definition) is 6. The van der Waals surface area contributed by atoms with Gasteiger partial charge in [0.05, 0.1) is 22.1 Å². The van der Waals surface area contributed by atoms with Crippen molar-refractivity contribution < 1.29 is 19.6 Å². The molecule has 0 aliphatic carbocycles. The van der Waals surface area contributed by atoms with Gasteiger partial charge in [-0.05, 0) is 24.6 Å². The van der Waals surface area contributed by atoms with Crippen molar-refractivity contribution >= 4 is 17.4 Å². The molecule has 0 fully saturated rings. The molecule has 26 heavy (non-hydrogen) atoms. The third-order valence-corrected chi connectivity index (χ3v) is 4.19. The van der Waals surface area contributed by atoms with Gasteiger partial charge >= 0.3 is 0 Å². The zero-order chi connectivity index (χ0) is 18.8. The van der Waals surface area contributed by atoms with Crippen LogP contribution in [0, 0.1) is 10.1 Å². The Morgan fingerprint density at radius 1 is 1.31 bits per heavy atom. The molecule has 0 saturated carbocycles. The highest BCUT2D eigenvalue weighted by molar-refractivity contribution is 6.08. The molecule has 3 rings (SSSR count). The lowest BCUT2D eigenvalue weighted by molar-refractivity contribution is -0.385. The maximum Gasteiger partial charge on any atom is 0.290 e. The lowest BCUT2D eigenvalue weighted by Gasteiger charge is -2.26. The second-order valence-corrected chi connectivity index (χ2v) is 5.83. The highest BCUT2D eigenvalue weighted by Gasteiger charge is 2.44. The molecule has 0 bridgehead atoms. The molecule has 1 N–H and O–H groups in total. The van der Waals surface area contributed by atoms with E-state index >= 15 is 0 Å². The van der Waals surface area contributed by atoms with Crippen LogP contribution in [0.25, 0.3) is 0 Å². The molecule has 1 aliphatic heterocycles. The fraction of sp³-hybridized carbons (Fsp3) is 0.167. The molecule has 132 valence electrons. The van der Waals surface area contributed by atoms with Crippen molar-refractivity contribution in [3.63, 3.8) is 0 Å². The van der Waals surface area contributed by atoms with Crippen LogP contribution in [0.5, 0.6) is 0 Å². The Bertz CT molecular complexity index is 923. The van der Waals surface area contributed by atoms with Gasteiger partial charge in [-0.3, -0.25) is 24.7 Å². The minimum absolute atomic E-state index is 0.0459. The van der Waals surface area contributed by atoms with Crippen LogP contribution in [0.3, 0.4) is 0 Å². The number of benzene rings is 1. The lowest BCUT2D eigenvalue weighted by Crippen LogP contribution is -2.31. The molecule has 8 nitrogen and oxygen atoms in total. The summed E-state index contributed by atoms with van der Waals surface area (Å²) in [7, 11) is 0. The topological polar surface area (TPSA) is 114 Å². The highest BCUT2D eigenvalue weighted by atomic mass is 16.6. The Balaban J connectivity index is 2.14. The van der Waals surface area contributed by atoms with Crippen LogP contribution in [-0.2, 0) is 16.1 Å². The molecule has 0 saturated heterocycles. The molecule has 2 aromatic rings. The predicted octanol–water partition coefficient (Wildman–Crippen LogP) is 2.47. The number of aliphatic hydroxyl groups is 1. The Labute approximate surface area is 148 Å². The van der Waals surface area contributed by atoms with Crippen molar-refractivity contribution in [3.8, 4) is 0 Å². The minimum Gasteiger partial charge on any atom is -0.503 e. The van der Waals surface area contributed by atoms with Crippen LogP contribution >= 0.6 is 0 Å². The number of Topliss-reactive ketones (excluding diaryl/α,β-unsaturated/α-hetero) is 1. The molecule has 1 amide bonds. The molecule has 0 radical (unpaired) electrons. The fourth-order valence-corrected chi connectivity index (χ4v) is 3.07. The maximum absolute atomic E-state index is 12.6. The van der Waals surface area contributed by atoms with Gasteiger partial charge in [0.1, 0.15) is 0 Å². The molecule has 1 aromatic heterocycles. The normalized spacial score (nSPS) is 16.9. The molecule has 2 heterocycles. The number of amides is 1. The Morgan fingerprint density at radius 3 is 2.65 bits per heavy atom. The summed E-state index contributed by atoms with van der Waals surface area (Å²) in [4.78, 5) is 40.7. The van der Waals surface area contributed by atoms with Crippen LogP contribution in [-0.4, -0.2) is 31.6 Å². The molecular weight excluding hydrogens is 338 g/mol. The van der Waals surface area contributed by atoms with E-state index in [1.165, 1.54) is 30.0 Å². The number of nitro benzene ring substituents is 1. The molecule has 1 aliphatic rings. The summed E-state index contributed by atoms with van der Waals surface area (Å²) in [5, 5.41) is 21.6. The summed E-state index contributed by atoms with van der Waals surface area (Å²) in [6, 6.07) is 8.25. The van der Waals surface area contributed by atoms with Crippen LogP contribution in [0.1, 0.15) is 24.1 Å². The summed E-state index contributed by atoms with van der Waals surface area (Å²) in [6.07, 6.45) is 3.12. The summed E-state index contributed by atoms with van der Waals surface area (Å²) in [5.74, 6) is -1.94. The number of carbonyl (C=O) groups is 2. The SMILES string of the molecule is CC(=O)C1=C(O)C(=O)N(Cc2cccnc2)[C@@H]1c1ccccc1[N+](=O)[O-]. The first kappa shape index (κ1) is 17.3. The second kappa shape index (κ2) is 6.75. The van der Waals surface area contributed by atoms with Crippen molar-refractivity contribution in [1.82, 2.24) is 9.88 Å². The summed E-state index contributed by atoms with van der Waals surface area (Å²) < 4.78 is 0. The van der Waals surface area contributed by atoms with Crippen molar-refractivity contribution in [1.29, 1.82) is 0 Å². The number of nitro groups is 1. The number of nitrogens with zero attached hydrogens (tertiary/aromatic N) is 3. The smallest absolute Gasteiger partial charge is 0.290 e. The van der Waals surface area contributed by atoms with Crippen molar-refractivity contribution in [3.05, 3.63) is 81.4 Å². The van der Waals surface area contributed by atoms with Crippen LogP contribution < -0.4 is 0 Å². The third-order valence-electron chi connectivity index (χ3n) is 4.19. The standard InChI is InChI=1S/C18H15N3O5/c1-11(22)15-16(13-6-2-3-7-14(13)21(25)26)20(18(24)17(15)23)10-12-5-4-8-19-9-12/h2-9,16,23H,10H2,1H3/t16-/m1/s1. The first-order chi connectivity index (χ1) is 12.4. The third kappa shape index (κ3) is 2.92. The van der Waals surface area contributed by atoms with E-state index < -0.39 is 28.4 Å². The number of pyridine rings is 1. The van der Waals surface area contributed by atoms with Gasteiger partial charge in [0.25, 0.3) is 11.6 Å². The monoisotopic (exact) mass is 353 g/mol. The number of hydrogen-bond donors (Lipinski definition) is 1. The summed E-state index contributed by atoms with van der Waals surface area (Å²) >= 11 is 0. The highest BCUT2D eigenvalue weighted by Crippen LogP contribution is 2.41. The second-order valence-electron chi connectivity index (χ2n) is 5.83. The Hall–Kier alpha value is -3.55. The molecule has 8 heteroatoms. The minimum atomic E-state index is -1.04. The summed E-state index contributed by atoms with van der Waals surface area (Å²) in [6.45, 7) is 1.26. The van der Waals surface area contributed by atoms with Crippen molar-refractivity contribution in [2.75, 3.05) is 0 Å². The average Bonchev–Trinajstić information content (AvgIpc) is 2.87. The number of carbonyl (C=O) groups excluding carboxylic acids is 2. The predicted molar refractivity (Wildman–Crippen MR) is 91.0 cm³/mol. The first-order valence-corrected chi connectivity index (χ1v) is 7.79. The van der Waals surface area contributed by atoms with E-state index in [9.17, 15) is 24.8 Å². The first-order valence-electron chi connectivity index (χ1n) is 7.79. The zero-order valence-corrected chi connectivity index (χ0v) is 13.8. The van der Waals surface area contributed by atoms with E-state index in [1.54, 1.807) is 30.6 Å². The Kier molecular flexibility index (Phi) is 4.49. The number of rotatable bonds is 5. The van der Waals surface area contributed by atoms with Crippen molar-refractivity contribution in [2.24, 2.45) is 0 Å². The van der Waals surface area contributed by atoms with E-state index in [4.69, 9.17) is 0 Å². The van der Waals surface area contributed by atoms with Gasteiger partial charge in [-0.1, -0.05) is 18.2 Å². The quantitative estimate of drug-likeness (QED) is 0.652. The van der Waals surface area contributed by atoms with Gasteiger partial charge in [0, 0.05) is 25.0 Å². The number of ketones is 1. The van der Waals surface area contributed by atoms with E-state index in [1.807, 2.05) is 0 Å². The summed E-state index contributed by atoms with van der Waals surface area (Å²) in [5.41, 5.74) is 0.467. The molecule has 1 aromatic carbocycles. The van der Waals surface area contributed by atoms with Gasteiger partial charge < -0.3 is 10.0 Å². The fourth-order valence-electron chi connectivity index (χ4n) is 3.07. The van der Waals surface area contributed by atoms with Gasteiger partial charge in [0.2, 0.25) is 0 Å². The largest absolute Gasteiger partial charge is 0.503 e. The van der Waals surface area contributed by atoms with E-state index in [-0.39, 0.29) is 23.4 Å². The van der Waals surface area contributed by atoms with Gasteiger partial charge in [0.15, 0.2) is 11.5 Å². The Morgan fingerprint density at radius 2 is 2.04 bits per heavy atom. The number of para-hydroxylation sites is 1. The zero-order valence-electron chi connectivity index (χ0n) is 13.8. The molecule has 0 spiro atoms. The van der Waals surface area contributed by atoms with Crippen LogP contribution in [0.4, 0.5) is 5.69 Å². The lowest BCUT2D eigenvalue weighted by atomic mass is 9.95. The average molecular weight is 353 g/mol. The van der Waals surface area contributed by atoms with E-state index in [0.29, 0.717) is 5.56 Å². The van der Waals surface area contributed by atoms with E-state index in [0.717, 1.165) is 0 Å². The number of aliphatic hydroxyl groups excluding tert-OH is 1. The van der Waals surface area contributed by atoms with Crippen LogP contribution in [0.2, 0.25) is 0 Å². The van der Waals surface area contributed by atoms with Crippen molar-refractivity contribution in [2.45, 2.75) is 19.5 Å². The molecule has 0 unspecified atom stereocenters. The molecule has 1 atom stereocenters. The van der Waals surface area contributed by atoms with Gasteiger partial charge in [-0.15, -0.1) is 0 Å². The number of aromatic nitrogens is 1. The van der Waals surface area contributed by atoms with Crippen LogP contribution in [0.15, 0.2) is 60.1 Å². The van der Waals surface area contributed by atoms with Gasteiger partial charge in [-0.2, -0.15) is 0 Å². The van der Waals surface area contributed by atoms with Gasteiger partial charge in [-0.25, -0.2) is 0 Å². The molecular formula is C18H15N3O5. The van der Waals surface area contributed by atoms with E-state index in [2.05, 4.69) is 4.98 Å².